The molecule has 2 rings (SSSR count). The maximum absolute atomic E-state index is 5.24. The molecule has 20 heavy (non-hydrogen) atoms. The van der Waals surface area contributed by atoms with Gasteiger partial charge < -0.3 is 15.5 Å². The van der Waals surface area contributed by atoms with Gasteiger partial charge in [0.1, 0.15) is 0 Å². The molecule has 2 N–H and O–H groups in total. The molecule has 1 fully saturated rings. The number of hydrogen-bond donors (Lipinski definition) is 2. The van der Waals surface area contributed by atoms with Gasteiger partial charge in [0, 0.05) is 31.0 Å². The van der Waals surface area contributed by atoms with Crippen LogP contribution in [0.1, 0.15) is 39.0 Å². The van der Waals surface area contributed by atoms with Crippen LogP contribution in [-0.4, -0.2) is 24.7 Å². The van der Waals surface area contributed by atoms with E-state index >= 15 is 0 Å². The zero-order valence-corrected chi connectivity index (χ0v) is 13.1. The molecule has 0 unspecified atom stereocenters. The summed E-state index contributed by atoms with van der Waals surface area (Å²) in [6.45, 7) is 5.41. The number of nitrogens with zero attached hydrogens (tertiary/aromatic N) is 1. The first-order valence-corrected chi connectivity index (χ1v) is 8.10. The van der Waals surface area contributed by atoms with Crippen molar-refractivity contribution in [1.29, 1.82) is 0 Å². The molecule has 1 aliphatic rings. The van der Waals surface area contributed by atoms with Gasteiger partial charge in [0.15, 0.2) is 5.11 Å². The second-order valence-corrected chi connectivity index (χ2v) is 5.74. The van der Waals surface area contributed by atoms with E-state index in [0.29, 0.717) is 5.11 Å². The Morgan fingerprint density at radius 2 is 1.75 bits per heavy atom. The van der Waals surface area contributed by atoms with E-state index in [4.69, 9.17) is 12.2 Å². The van der Waals surface area contributed by atoms with Crippen molar-refractivity contribution in [3.8, 4) is 0 Å². The summed E-state index contributed by atoms with van der Waals surface area (Å²) in [5.74, 6) is 0. The summed E-state index contributed by atoms with van der Waals surface area (Å²) in [7, 11) is 0. The SMILES string of the molecule is CCCNC(=S)Nc1ccc(N2CCCCCC2)cc1. The highest BCUT2D eigenvalue weighted by atomic mass is 32.1. The summed E-state index contributed by atoms with van der Waals surface area (Å²) in [6.07, 6.45) is 6.44. The van der Waals surface area contributed by atoms with Crippen LogP contribution >= 0.6 is 12.2 Å². The molecule has 0 aliphatic carbocycles. The van der Waals surface area contributed by atoms with Crippen LogP contribution in [0.4, 0.5) is 11.4 Å². The quantitative estimate of drug-likeness (QED) is 0.826. The maximum Gasteiger partial charge on any atom is 0.170 e. The predicted octanol–water partition coefficient (Wildman–Crippen LogP) is 3.76. The fraction of sp³-hybridized carbons (Fsp3) is 0.562. The van der Waals surface area contributed by atoms with Crippen molar-refractivity contribution in [2.24, 2.45) is 0 Å². The van der Waals surface area contributed by atoms with E-state index in [1.807, 2.05) is 0 Å². The van der Waals surface area contributed by atoms with Crippen LogP contribution in [0.15, 0.2) is 24.3 Å². The van der Waals surface area contributed by atoms with Crippen molar-refractivity contribution < 1.29 is 0 Å². The minimum Gasteiger partial charge on any atom is -0.372 e. The average Bonchev–Trinajstić information content (AvgIpc) is 2.75. The van der Waals surface area contributed by atoms with Crippen molar-refractivity contribution in [3.63, 3.8) is 0 Å². The van der Waals surface area contributed by atoms with E-state index < -0.39 is 0 Å². The Balaban J connectivity index is 1.90. The lowest BCUT2D eigenvalue weighted by atomic mass is 10.2. The zero-order chi connectivity index (χ0) is 14.2. The summed E-state index contributed by atoms with van der Waals surface area (Å²) in [5.41, 5.74) is 2.38. The van der Waals surface area contributed by atoms with Crippen molar-refractivity contribution >= 4 is 28.7 Å². The first-order valence-electron chi connectivity index (χ1n) is 7.69. The van der Waals surface area contributed by atoms with Gasteiger partial charge in [-0.15, -0.1) is 0 Å². The number of hydrogen-bond acceptors (Lipinski definition) is 2. The normalized spacial score (nSPS) is 15.6. The fourth-order valence-electron chi connectivity index (χ4n) is 2.50. The van der Waals surface area contributed by atoms with E-state index in [2.05, 4.69) is 46.7 Å². The van der Waals surface area contributed by atoms with E-state index in [1.54, 1.807) is 0 Å². The summed E-state index contributed by atoms with van der Waals surface area (Å²) in [5, 5.41) is 7.10. The molecule has 0 spiro atoms. The van der Waals surface area contributed by atoms with Crippen LogP contribution < -0.4 is 15.5 Å². The highest BCUT2D eigenvalue weighted by molar-refractivity contribution is 7.80. The van der Waals surface area contributed by atoms with Gasteiger partial charge in [-0.25, -0.2) is 0 Å². The van der Waals surface area contributed by atoms with E-state index in [-0.39, 0.29) is 0 Å². The molecule has 1 aliphatic heterocycles. The van der Waals surface area contributed by atoms with Crippen LogP contribution in [0.5, 0.6) is 0 Å². The number of nitrogens with one attached hydrogen (secondary N) is 2. The highest BCUT2D eigenvalue weighted by Gasteiger charge is 2.09. The summed E-state index contributed by atoms with van der Waals surface area (Å²) < 4.78 is 0. The molecule has 110 valence electrons. The lowest BCUT2D eigenvalue weighted by Gasteiger charge is -2.23. The minimum atomic E-state index is 0.703. The number of rotatable bonds is 4. The van der Waals surface area contributed by atoms with Crippen LogP contribution in [0, 0.1) is 0 Å². The minimum absolute atomic E-state index is 0.703. The second kappa shape index (κ2) is 8.10. The third-order valence-corrected chi connectivity index (χ3v) is 3.88. The Morgan fingerprint density at radius 1 is 1.10 bits per heavy atom. The van der Waals surface area contributed by atoms with Crippen LogP contribution in [0.2, 0.25) is 0 Å². The smallest absolute Gasteiger partial charge is 0.170 e. The molecular weight excluding hydrogens is 266 g/mol. The van der Waals surface area contributed by atoms with Gasteiger partial charge in [-0.05, 0) is 55.7 Å². The Hall–Kier alpha value is -1.29. The van der Waals surface area contributed by atoms with Crippen molar-refractivity contribution in [1.82, 2.24) is 5.32 Å². The molecule has 1 aromatic rings. The first kappa shape index (κ1) is 15.1. The molecule has 1 saturated heterocycles. The maximum atomic E-state index is 5.24. The van der Waals surface area contributed by atoms with Crippen LogP contribution in [0.25, 0.3) is 0 Å². The topological polar surface area (TPSA) is 27.3 Å². The Labute approximate surface area is 127 Å². The van der Waals surface area contributed by atoms with Gasteiger partial charge in [0.2, 0.25) is 0 Å². The summed E-state index contributed by atoms with van der Waals surface area (Å²) in [4.78, 5) is 2.49. The number of anilines is 2. The van der Waals surface area contributed by atoms with Crippen molar-refractivity contribution in [3.05, 3.63) is 24.3 Å². The summed E-state index contributed by atoms with van der Waals surface area (Å²) >= 11 is 5.24. The highest BCUT2D eigenvalue weighted by Crippen LogP contribution is 2.21. The Morgan fingerprint density at radius 3 is 2.35 bits per heavy atom. The third-order valence-electron chi connectivity index (χ3n) is 3.63. The van der Waals surface area contributed by atoms with Gasteiger partial charge in [-0.2, -0.15) is 0 Å². The van der Waals surface area contributed by atoms with Crippen molar-refractivity contribution in [2.45, 2.75) is 39.0 Å². The molecule has 0 radical (unpaired) electrons. The number of thiocarbonyl (C=S) groups is 1. The lowest BCUT2D eigenvalue weighted by Crippen LogP contribution is -2.29. The molecule has 0 aromatic heterocycles. The second-order valence-electron chi connectivity index (χ2n) is 5.33. The first-order chi connectivity index (χ1) is 9.79. The largest absolute Gasteiger partial charge is 0.372 e. The average molecular weight is 291 g/mol. The van der Waals surface area contributed by atoms with E-state index in [0.717, 1.165) is 18.7 Å². The third kappa shape index (κ3) is 4.67. The molecule has 1 heterocycles. The molecule has 0 amide bonds. The lowest BCUT2D eigenvalue weighted by molar-refractivity contribution is 0.726. The van der Waals surface area contributed by atoms with Gasteiger partial charge in [0.05, 0.1) is 0 Å². The van der Waals surface area contributed by atoms with Crippen LogP contribution in [-0.2, 0) is 0 Å². The molecule has 0 atom stereocenters. The summed E-state index contributed by atoms with van der Waals surface area (Å²) in [6, 6.07) is 8.60. The molecule has 0 bridgehead atoms. The predicted molar refractivity (Wildman–Crippen MR) is 91.6 cm³/mol. The molecule has 4 heteroatoms. The van der Waals surface area contributed by atoms with Gasteiger partial charge in [-0.1, -0.05) is 19.8 Å². The van der Waals surface area contributed by atoms with E-state index in [1.165, 1.54) is 44.5 Å². The molecule has 3 nitrogen and oxygen atoms in total. The fourth-order valence-corrected chi connectivity index (χ4v) is 2.72. The molecule has 1 aromatic carbocycles. The van der Waals surface area contributed by atoms with Gasteiger partial charge >= 0.3 is 0 Å². The standard InChI is InChI=1S/C16H25N3S/c1-2-11-17-16(20)18-14-7-9-15(10-8-14)19-12-5-3-4-6-13-19/h7-10H,2-6,11-13H2,1H3,(H2,17,18,20). The molecular formula is C16H25N3S. The number of benzene rings is 1. The Bertz CT molecular complexity index is 408. The monoisotopic (exact) mass is 291 g/mol. The van der Waals surface area contributed by atoms with Gasteiger partial charge in [0.25, 0.3) is 0 Å². The Kier molecular flexibility index (Phi) is 6.12. The van der Waals surface area contributed by atoms with Crippen LogP contribution in [0.3, 0.4) is 0 Å². The zero-order valence-electron chi connectivity index (χ0n) is 12.3. The molecule has 0 saturated carbocycles. The van der Waals surface area contributed by atoms with Gasteiger partial charge in [-0.3, -0.25) is 0 Å². The van der Waals surface area contributed by atoms with E-state index in [9.17, 15) is 0 Å². The van der Waals surface area contributed by atoms with Crippen molar-refractivity contribution in [2.75, 3.05) is 29.9 Å².